The van der Waals surface area contributed by atoms with Gasteiger partial charge >= 0.3 is 152 Å². The zero-order valence-corrected chi connectivity index (χ0v) is 19.1. The molecule has 0 amide bonds. The quantitative estimate of drug-likeness (QED) is 0.241. The molecule has 0 heterocycles. The molecule has 138 valence electrons. The van der Waals surface area contributed by atoms with Crippen molar-refractivity contribution in [1.82, 2.24) is 0 Å². The third kappa shape index (κ3) is 5.34. The summed E-state index contributed by atoms with van der Waals surface area (Å²) in [6, 6.07) is 0. The molecular weight excluding hydrogens is 407 g/mol. The van der Waals surface area contributed by atoms with Crippen LogP contribution in [0.3, 0.4) is 0 Å². The molecule has 0 N–H and O–H groups in total. The Bertz CT molecular complexity index is 521. The molecule has 1 aromatic rings. The van der Waals surface area contributed by atoms with Crippen LogP contribution in [0.25, 0.3) is 0 Å². The first-order valence-corrected chi connectivity index (χ1v) is 17.5. The molecule has 0 aliphatic rings. The molecule has 0 aliphatic carbocycles. The van der Waals surface area contributed by atoms with Gasteiger partial charge in [-0.15, -0.1) is 0 Å². The molecule has 0 fully saturated rings. The van der Waals surface area contributed by atoms with E-state index in [1.807, 2.05) is 0 Å². The maximum atomic E-state index is 12.5. The molecule has 0 unspecified atom stereocenters. The van der Waals surface area contributed by atoms with Gasteiger partial charge in [0.15, 0.2) is 0 Å². The van der Waals surface area contributed by atoms with Gasteiger partial charge in [-0.05, 0) is 0 Å². The average molecular weight is 443 g/mol. The second-order valence-electron chi connectivity index (χ2n) is 7.16. The second kappa shape index (κ2) is 11.3. The van der Waals surface area contributed by atoms with Gasteiger partial charge in [0.1, 0.15) is 0 Å². The van der Waals surface area contributed by atoms with Crippen LogP contribution in [0.5, 0.6) is 5.75 Å². The van der Waals surface area contributed by atoms with Gasteiger partial charge in [-0.3, -0.25) is 0 Å². The molecule has 3 nitrogen and oxygen atoms in total. The van der Waals surface area contributed by atoms with E-state index in [0.29, 0.717) is 12.4 Å². The molecule has 4 heteroatoms. The van der Waals surface area contributed by atoms with Crippen molar-refractivity contribution in [2.24, 2.45) is 0 Å². The molecule has 0 saturated heterocycles. The standard InChI is InChI=1S/C8H9O3.3C4H9.Sn/c1-2-3-4-11-7-5-6(9)8(7)10;3*1-3-4-2;/h2-4H2,1H3;3*1,3-4H2,2H3;. The Morgan fingerprint density at radius 1 is 0.708 bits per heavy atom. The molecule has 0 bridgehead atoms. The molecule has 0 atom stereocenters. The molecule has 1 rings (SSSR count). The average Bonchev–Trinajstić information content (AvgIpc) is 2.61. The van der Waals surface area contributed by atoms with Crippen molar-refractivity contribution in [3.63, 3.8) is 0 Å². The Morgan fingerprint density at radius 3 is 1.58 bits per heavy atom. The van der Waals surface area contributed by atoms with Gasteiger partial charge < -0.3 is 0 Å². The van der Waals surface area contributed by atoms with E-state index in [9.17, 15) is 9.59 Å². The third-order valence-electron chi connectivity index (χ3n) is 5.17. The van der Waals surface area contributed by atoms with E-state index < -0.39 is 18.4 Å². The predicted octanol–water partition coefficient (Wildman–Crippen LogP) is 4.52. The van der Waals surface area contributed by atoms with E-state index in [4.69, 9.17) is 4.74 Å². The van der Waals surface area contributed by atoms with E-state index in [1.54, 1.807) is 0 Å². The zero-order valence-electron chi connectivity index (χ0n) is 16.2. The minimum absolute atomic E-state index is 0.180. The van der Waals surface area contributed by atoms with Gasteiger partial charge in [0, 0.05) is 0 Å². The van der Waals surface area contributed by atoms with Crippen LogP contribution in [0.1, 0.15) is 79.1 Å². The summed E-state index contributed by atoms with van der Waals surface area (Å²) < 4.78 is 10.4. The normalized spacial score (nSPS) is 12.0. The summed E-state index contributed by atoms with van der Waals surface area (Å²) >= 11 is -2.83. The summed E-state index contributed by atoms with van der Waals surface area (Å²) in [5.74, 6) is 0.493. The van der Waals surface area contributed by atoms with Crippen molar-refractivity contribution in [2.75, 3.05) is 6.61 Å². The molecule has 24 heavy (non-hydrogen) atoms. The number of rotatable bonds is 14. The summed E-state index contributed by atoms with van der Waals surface area (Å²) in [6.07, 6.45) is 9.06. The first-order valence-electron chi connectivity index (χ1n) is 10.0. The van der Waals surface area contributed by atoms with Crippen LogP contribution in [-0.2, 0) is 0 Å². The van der Waals surface area contributed by atoms with Crippen molar-refractivity contribution in [1.29, 1.82) is 0 Å². The Hall–Kier alpha value is -0.321. The van der Waals surface area contributed by atoms with Crippen molar-refractivity contribution < 1.29 is 4.74 Å². The first-order chi connectivity index (χ1) is 11.6. The maximum absolute atomic E-state index is 12.5. The van der Waals surface area contributed by atoms with E-state index in [0.717, 1.165) is 16.4 Å². The molecule has 1 aromatic carbocycles. The van der Waals surface area contributed by atoms with Crippen molar-refractivity contribution in [3.05, 3.63) is 20.4 Å². The molecular formula is C20H36O3Sn. The van der Waals surface area contributed by atoms with E-state index in [1.165, 1.54) is 51.8 Å². The topological polar surface area (TPSA) is 43.4 Å². The molecule has 0 radical (unpaired) electrons. The number of unbranched alkanes of at least 4 members (excludes halogenated alkanes) is 4. The van der Waals surface area contributed by atoms with Gasteiger partial charge in [-0.2, -0.15) is 0 Å². The summed E-state index contributed by atoms with van der Waals surface area (Å²) in [7, 11) is 0. The molecule has 0 spiro atoms. The minimum atomic E-state index is -2.83. The van der Waals surface area contributed by atoms with Crippen molar-refractivity contribution in [3.8, 4) is 5.75 Å². The summed E-state index contributed by atoms with van der Waals surface area (Å²) in [5.41, 5.74) is -0.521. The summed E-state index contributed by atoms with van der Waals surface area (Å²) in [4.78, 5) is 24.6. The number of ether oxygens (including phenoxy) is 1. The van der Waals surface area contributed by atoms with Crippen LogP contribution >= 0.6 is 0 Å². The van der Waals surface area contributed by atoms with Crippen molar-refractivity contribution in [2.45, 2.75) is 92.4 Å². The van der Waals surface area contributed by atoms with E-state index >= 15 is 0 Å². The predicted molar refractivity (Wildman–Crippen MR) is 106 cm³/mol. The van der Waals surface area contributed by atoms with Crippen LogP contribution in [-0.4, -0.2) is 25.0 Å². The molecule has 0 saturated carbocycles. The molecule has 0 aliphatic heterocycles. The second-order valence-corrected chi connectivity index (χ2v) is 20.2. The number of hydrogen-bond donors (Lipinski definition) is 0. The zero-order chi connectivity index (χ0) is 18.0. The third-order valence-corrected chi connectivity index (χ3v) is 20.7. The monoisotopic (exact) mass is 444 g/mol. The Labute approximate surface area is 151 Å². The Kier molecular flexibility index (Phi) is 10.2. The SMILES string of the molecule is CCCCOc1[c]([Sn]([CH2]CCC)([CH2]CCC)[CH2]CCC)c(=O)c1=O. The van der Waals surface area contributed by atoms with Crippen molar-refractivity contribution >= 4 is 22.0 Å². The van der Waals surface area contributed by atoms with Gasteiger partial charge in [0.05, 0.1) is 0 Å². The van der Waals surface area contributed by atoms with Gasteiger partial charge in [0.2, 0.25) is 0 Å². The fraction of sp³-hybridized carbons (Fsp3) is 0.800. The van der Waals surface area contributed by atoms with Crippen LogP contribution in [0, 0.1) is 0 Å². The Balaban J connectivity index is 3.17. The van der Waals surface area contributed by atoms with Crippen LogP contribution in [0.15, 0.2) is 9.59 Å². The van der Waals surface area contributed by atoms with E-state index in [2.05, 4.69) is 27.7 Å². The van der Waals surface area contributed by atoms with Crippen LogP contribution in [0.2, 0.25) is 13.3 Å². The summed E-state index contributed by atoms with van der Waals surface area (Å²) in [6.45, 7) is 9.34. The van der Waals surface area contributed by atoms with Gasteiger partial charge in [0.25, 0.3) is 0 Å². The van der Waals surface area contributed by atoms with Crippen LogP contribution < -0.4 is 19.2 Å². The molecule has 0 aromatic heterocycles. The van der Waals surface area contributed by atoms with Gasteiger partial charge in [-0.25, -0.2) is 0 Å². The first kappa shape index (κ1) is 21.7. The fourth-order valence-electron chi connectivity index (χ4n) is 3.60. The number of hydrogen-bond acceptors (Lipinski definition) is 3. The van der Waals surface area contributed by atoms with E-state index in [-0.39, 0.29) is 10.9 Å². The Morgan fingerprint density at radius 2 is 1.17 bits per heavy atom. The fourth-order valence-corrected chi connectivity index (χ4v) is 20.3. The van der Waals surface area contributed by atoms with Gasteiger partial charge in [-0.1, -0.05) is 0 Å². The van der Waals surface area contributed by atoms with Crippen LogP contribution in [0.4, 0.5) is 0 Å². The summed E-state index contributed by atoms with van der Waals surface area (Å²) in [5, 5.41) is 0.